The number of carbonyl (C=O) groups excluding carboxylic acids is 1. The van der Waals surface area contributed by atoms with Crippen LogP contribution in [0.4, 0.5) is 16.5 Å². The zero-order valence-corrected chi connectivity index (χ0v) is 15.9. The van der Waals surface area contributed by atoms with E-state index in [4.69, 9.17) is 23.2 Å². The number of rotatable bonds is 5. The molecule has 0 saturated heterocycles. The maximum Gasteiger partial charge on any atom is 0.277 e. The molecule has 1 aromatic heterocycles. The van der Waals surface area contributed by atoms with Crippen LogP contribution in [0.15, 0.2) is 41.8 Å². The fourth-order valence-electron chi connectivity index (χ4n) is 2.26. The first-order valence-electron chi connectivity index (χ1n) is 7.41. The van der Waals surface area contributed by atoms with Crippen LogP contribution in [0.3, 0.4) is 0 Å². The Hall–Kier alpha value is -3.08. The second kappa shape index (κ2) is 7.89. The average Bonchev–Trinajstić information content (AvgIpc) is 3.09. The molecule has 2 aromatic carbocycles. The highest BCUT2D eigenvalue weighted by molar-refractivity contribution is 7.14. The summed E-state index contributed by atoms with van der Waals surface area (Å²) in [7, 11) is 0. The maximum absolute atomic E-state index is 12.4. The van der Waals surface area contributed by atoms with Crippen molar-refractivity contribution in [2.75, 3.05) is 5.32 Å². The molecule has 1 amide bonds. The van der Waals surface area contributed by atoms with Crippen molar-refractivity contribution in [1.29, 1.82) is 0 Å². The Labute approximate surface area is 170 Å². The Morgan fingerprint density at radius 1 is 1.04 bits per heavy atom. The summed E-state index contributed by atoms with van der Waals surface area (Å²) in [6.07, 6.45) is 0. The van der Waals surface area contributed by atoms with Gasteiger partial charge in [0.25, 0.3) is 17.3 Å². The van der Waals surface area contributed by atoms with Crippen molar-refractivity contribution in [3.63, 3.8) is 0 Å². The Kier molecular flexibility index (Phi) is 5.54. The summed E-state index contributed by atoms with van der Waals surface area (Å²) in [5.74, 6) is -0.769. The van der Waals surface area contributed by atoms with Crippen LogP contribution in [-0.4, -0.2) is 20.7 Å². The second-order valence-electron chi connectivity index (χ2n) is 5.37. The summed E-state index contributed by atoms with van der Waals surface area (Å²) in [4.78, 5) is 36.9. The first-order valence-corrected chi connectivity index (χ1v) is 9.04. The van der Waals surface area contributed by atoms with Crippen LogP contribution in [0, 0.1) is 20.2 Å². The number of nitro benzene ring substituents is 2. The minimum atomic E-state index is -0.812. The van der Waals surface area contributed by atoms with Gasteiger partial charge in [-0.25, -0.2) is 4.98 Å². The van der Waals surface area contributed by atoms with Crippen molar-refractivity contribution >= 4 is 57.0 Å². The van der Waals surface area contributed by atoms with Crippen LogP contribution in [0.1, 0.15) is 10.4 Å². The highest BCUT2D eigenvalue weighted by atomic mass is 35.5. The number of amides is 1. The quantitative estimate of drug-likeness (QED) is 0.431. The van der Waals surface area contributed by atoms with Gasteiger partial charge in [-0.3, -0.25) is 30.3 Å². The number of halogens is 2. The Morgan fingerprint density at radius 2 is 1.68 bits per heavy atom. The van der Waals surface area contributed by atoms with E-state index in [9.17, 15) is 25.0 Å². The molecule has 0 aliphatic carbocycles. The van der Waals surface area contributed by atoms with Crippen molar-refractivity contribution in [1.82, 2.24) is 4.98 Å². The standard InChI is InChI=1S/C16H8Cl2N4O5S/c17-9-1-2-12(13(18)5-9)14-7-28-16(19-14)20-15(23)8-3-10(21(24)25)6-11(4-8)22(26)27/h1-7H,(H,19,20,23). The minimum absolute atomic E-state index is 0.195. The van der Waals surface area contributed by atoms with Crippen molar-refractivity contribution in [3.8, 4) is 11.3 Å². The molecule has 0 radical (unpaired) electrons. The first-order chi connectivity index (χ1) is 13.2. The van der Waals surface area contributed by atoms with Crippen molar-refractivity contribution in [2.24, 2.45) is 0 Å². The van der Waals surface area contributed by atoms with Crippen LogP contribution >= 0.6 is 34.5 Å². The minimum Gasteiger partial charge on any atom is -0.298 e. The zero-order chi connectivity index (χ0) is 20.4. The Balaban J connectivity index is 1.87. The molecule has 0 saturated carbocycles. The van der Waals surface area contributed by atoms with Gasteiger partial charge >= 0.3 is 0 Å². The molecule has 0 aliphatic heterocycles. The number of non-ortho nitro benzene ring substituents is 2. The van der Waals surface area contributed by atoms with Gasteiger partial charge in [-0.1, -0.05) is 23.2 Å². The van der Waals surface area contributed by atoms with E-state index in [0.29, 0.717) is 21.3 Å². The molecule has 9 nitrogen and oxygen atoms in total. The van der Waals surface area contributed by atoms with Gasteiger partial charge < -0.3 is 0 Å². The van der Waals surface area contributed by atoms with Crippen LogP contribution in [0.25, 0.3) is 11.3 Å². The molecular weight excluding hydrogens is 431 g/mol. The van der Waals surface area contributed by atoms with Crippen LogP contribution in [-0.2, 0) is 0 Å². The number of benzene rings is 2. The van der Waals surface area contributed by atoms with Crippen molar-refractivity contribution in [3.05, 3.63) is 77.6 Å². The highest BCUT2D eigenvalue weighted by Gasteiger charge is 2.20. The predicted octanol–water partition coefficient (Wildman–Crippen LogP) is 5.19. The van der Waals surface area contributed by atoms with Crippen LogP contribution in [0.5, 0.6) is 0 Å². The van der Waals surface area contributed by atoms with Gasteiger partial charge in [-0.2, -0.15) is 0 Å². The summed E-state index contributed by atoms with van der Waals surface area (Å²) in [5.41, 5.74) is -0.262. The van der Waals surface area contributed by atoms with Crippen molar-refractivity contribution in [2.45, 2.75) is 0 Å². The van der Waals surface area contributed by atoms with E-state index in [1.807, 2.05) is 0 Å². The molecule has 12 heteroatoms. The monoisotopic (exact) mass is 438 g/mol. The predicted molar refractivity (Wildman–Crippen MR) is 105 cm³/mol. The third kappa shape index (κ3) is 4.25. The molecule has 0 aliphatic rings. The molecule has 0 unspecified atom stereocenters. The molecule has 0 atom stereocenters. The number of carbonyl (C=O) groups is 1. The fraction of sp³-hybridized carbons (Fsp3) is 0. The molecule has 1 heterocycles. The Bertz CT molecular complexity index is 1090. The largest absolute Gasteiger partial charge is 0.298 e. The summed E-state index contributed by atoms with van der Waals surface area (Å²) in [5, 5.41) is 27.0. The SMILES string of the molecule is O=C(Nc1nc(-c2ccc(Cl)cc2Cl)cs1)c1cc([N+](=O)[O-])cc([N+](=O)[O-])c1. The molecule has 3 aromatic rings. The number of hydrogen-bond donors (Lipinski definition) is 1. The molecular formula is C16H8Cl2N4O5S. The van der Waals surface area contributed by atoms with E-state index in [2.05, 4.69) is 10.3 Å². The lowest BCUT2D eigenvalue weighted by atomic mass is 10.1. The molecule has 28 heavy (non-hydrogen) atoms. The van der Waals surface area contributed by atoms with E-state index in [1.165, 1.54) is 0 Å². The van der Waals surface area contributed by atoms with Gasteiger partial charge in [0, 0.05) is 28.1 Å². The number of thiazole rings is 1. The molecule has 0 bridgehead atoms. The van der Waals surface area contributed by atoms with Gasteiger partial charge in [-0.05, 0) is 18.2 Å². The van der Waals surface area contributed by atoms with E-state index in [0.717, 1.165) is 29.5 Å². The first kappa shape index (κ1) is 19.7. The summed E-state index contributed by atoms with van der Waals surface area (Å²) >= 11 is 13.1. The number of aromatic nitrogens is 1. The van der Waals surface area contributed by atoms with E-state index >= 15 is 0 Å². The third-order valence-corrected chi connectivity index (χ3v) is 4.82. The number of hydrogen-bond acceptors (Lipinski definition) is 7. The summed E-state index contributed by atoms with van der Waals surface area (Å²) in [6, 6.07) is 7.55. The van der Waals surface area contributed by atoms with E-state index in [1.54, 1.807) is 23.6 Å². The van der Waals surface area contributed by atoms with Gasteiger partial charge in [0.05, 0.1) is 32.2 Å². The Morgan fingerprint density at radius 3 is 2.25 bits per heavy atom. The van der Waals surface area contributed by atoms with Gasteiger partial charge in [-0.15, -0.1) is 11.3 Å². The lowest BCUT2D eigenvalue weighted by Crippen LogP contribution is -2.12. The topological polar surface area (TPSA) is 128 Å². The van der Waals surface area contributed by atoms with Crippen LogP contribution in [0.2, 0.25) is 10.0 Å². The number of nitrogens with one attached hydrogen (secondary N) is 1. The highest BCUT2D eigenvalue weighted by Crippen LogP contribution is 2.32. The molecule has 3 rings (SSSR count). The van der Waals surface area contributed by atoms with E-state index < -0.39 is 27.1 Å². The van der Waals surface area contributed by atoms with E-state index in [-0.39, 0.29) is 10.7 Å². The smallest absolute Gasteiger partial charge is 0.277 e. The number of anilines is 1. The summed E-state index contributed by atoms with van der Waals surface area (Å²) < 4.78 is 0. The lowest BCUT2D eigenvalue weighted by molar-refractivity contribution is -0.394. The normalized spacial score (nSPS) is 10.5. The number of nitro groups is 2. The summed E-state index contributed by atoms with van der Waals surface area (Å²) in [6.45, 7) is 0. The zero-order valence-electron chi connectivity index (χ0n) is 13.6. The van der Waals surface area contributed by atoms with Crippen LogP contribution < -0.4 is 5.32 Å². The van der Waals surface area contributed by atoms with Gasteiger partial charge in [0.15, 0.2) is 5.13 Å². The molecule has 142 valence electrons. The maximum atomic E-state index is 12.4. The van der Waals surface area contributed by atoms with Gasteiger partial charge in [0.2, 0.25) is 0 Å². The average molecular weight is 439 g/mol. The lowest BCUT2D eigenvalue weighted by Gasteiger charge is -2.03. The fourth-order valence-corrected chi connectivity index (χ4v) is 3.47. The number of nitrogens with zero attached hydrogens (tertiary/aromatic N) is 3. The molecule has 0 spiro atoms. The van der Waals surface area contributed by atoms with Gasteiger partial charge in [0.1, 0.15) is 0 Å². The third-order valence-electron chi connectivity index (χ3n) is 3.52. The second-order valence-corrected chi connectivity index (χ2v) is 7.07. The molecule has 0 fully saturated rings. The molecule has 1 N–H and O–H groups in total. The van der Waals surface area contributed by atoms with Crippen molar-refractivity contribution < 1.29 is 14.6 Å².